The molecule has 0 fully saturated rings. The fraction of sp³-hybridized carbons (Fsp3) is 0.154. The van der Waals surface area contributed by atoms with E-state index in [1.165, 1.54) is 12.3 Å². The van der Waals surface area contributed by atoms with Gasteiger partial charge in [-0.3, -0.25) is 4.79 Å². The molecule has 0 saturated heterocycles. The average molecular weight is 285 g/mol. The van der Waals surface area contributed by atoms with Crippen molar-refractivity contribution in [1.82, 2.24) is 0 Å². The molecule has 0 aliphatic rings. The lowest BCUT2D eigenvalue weighted by Crippen LogP contribution is -2.07. The van der Waals surface area contributed by atoms with Crippen LogP contribution in [0.5, 0.6) is 5.75 Å². The van der Waals surface area contributed by atoms with Crippen molar-refractivity contribution in [2.24, 2.45) is 0 Å². The summed E-state index contributed by atoms with van der Waals surface area (Å²) < 4.78 is 10.5. The molecule has 0 aliphatic heterocycles. The van der Waals surface area contributed by atoms with E-state index >= 15 is 0 Å². The van der Waals surface area contributed by atoms with E-state index in [1.807, 2.05) is 12.1 Å². The van der Waals surface area contributed by atoms with Crippen LogP contribution in [0.25, 0.3) is 0 Å². The Labute approximate surface area is 114 Å². The SMILES string of the molecule is O=c1cc(CCl)occ1OCc1cccc(Cl)c1. The highest BCUT2D eigenvalue weighted by Crippen LogP contribution is 2.13. The molecule has 0 N–H and O–H groups in total. The van der Waals surface area contributed by atoms with E-state index in [9.17, 15) is 4.79 Å². The standard InChI is InChI=1S/C13H10Cl2O3/c14-6-11-5-12(16)13(8-17-11)18-7-9-2-1-3-10(15)4-9/h1-5,8H,6-7H2. The van der Waals surface area contributed by atoms with Crippen LogP contribution in [0.4, 0.5) is 0 Å². The van der Waals surface area contributed by atoms with Gasteiger partial charge in [-0.1, -0.05) is 23.7 Å². The van der Waals surface area contributed by atoms with Crippen molar-refractivity contribution >= 4 is 23.2 Å². The third-order valence-corrected chi connectivity index (χ3v) is 2.77. The van der Waals surface area contributed by atoms with Gasteiger partial charge in [-0.25, -0.2) is 0 Å². The van der Waals surface area contributed by atoms with Crippen LogP contribution >= 0.6 is 23.2 Å². The minimum atomic E-state index is -0.251. The van der Waals surface area contributed by atoms with Gasteiger partial charge < -0.3 is 9.15 Å². The Morgan fingerprint density at radius 1 is 1.28 bits per heavy atom. The van der Waals surface area contributed by atoms with Crippen LogP contribution in [0.2, 0.25) is 5.02 Å². The van der Waals surface area contributed by atoms with E-state index < -0.39 is 0 Å². The van der Waals surface area contributed by atoms with Gasteiger partial charge in [0, 0.05) is 11.1 Å². The van der Waals surface area contributed by atoms with Gasteiger partial charge >= 0.3 is 0 Å². The van der Waals surface area contributed by atoms with Crippen molar-refractivity contribution in [3.63, 3.8) is 0 Å². The maximum atomic E-state index is 11.6. The Hall–Kier alpha value is -1.45. The van der Waals surface area contributed by atoms with Gasteiger partial charge in [-0.15, -0.1) is 11.6 Å². The van der Waals surface area contributed by atoms with Crippen LogP contribution < -0.4 is 10.2 Å². The molecule has 5 heteroatoms. The van der Waals surface area contributed by atoms with Crippen molar-refractivity contribution in [2.45, 2.75) is 12.5 Å². The Morgan fingerprint density at radius 2 is 2.11 bits per heavy atom. The van der Waals surface area contributed by atoms with Gasteiger partial charge in [0.1, 0.15) is 18.6 Å². The summed E-state index contributed by atoms with van der Waals surface area (Å²) in [6.07, 6.45) is 1.27. The maximum absolute atomic E-state index is 11.6. The van der Waals surface area contributed by atoms with Crippen molar-refractivity contribution in [3.8, 4) is 5.75 Å². The molecule has 2 rings (SSSR count). The topological polar surface area (TPSA) is 39.4 Å². The van der Waals surface area contributed by atoms with E-state index in [1.54, 1.807) is 12.1 Å². The first-order valence-corrected chi connectivity index (χ1v) is 6.15. The number of halogens is 2. The lowest BCUT2D eigenvalue weighted by molar-refractivity contribution is 0.290. The van der Waals surface area contributed by atoms with Gasteiger partial charge in [0.2, 0.25) is 11.2 Å². The van der Waals surface area contributed by atoms with Crippen molar-refractivity contribution in [1.29, 1.82) is 0 Å². The van der Waals surface area contributed by atoms with Crippen molar-refractivity contribution in [3.05, 3.63) is 63.2 Å². The van der Waals surface area contributed by atoms with E-state index in [0.717, 1.165) is 5.56 Å². The molecule has 1 heterocycles. The first-order chi connectivity index (χ1) is 8.69. The van der Waals surface area contributed by atoms with Crippen LogP contribution in [0.3, 0.4) is 0 Å². The fourth-order valence-electron chi connectivity index (χ4n) is 1.40. The Balaban J connectivity index is 2.09. The van der Waals surface area contributed by atoms with Gasteiger partial charge in [-0.05, 0) is 17.7 Å². The Kier molecular flexibility index (Phi) is 4.28. The lowest BCUT2D eigenvalue weighted by Gasteiger charge is -2.05. The summed E-state index contributed by atoms with van der Waals surface area (Å²) in [7, 11) is 0. The molecule has 0 saturated carbocycles. The highest BCUT2D eigenvalue weighted by Gasteiger charge is 2.04. The monoisotopic (exact) mass is 284 g/mol. The predicted octanol–water partition coefficient (Wildman–Crippen LogP) is 3.61. The molecule has 94 valence electrons. The van der Waals surface area contributed by atoms with Crippen LogP contribution in [0, 0.1) is 0 Å². The number of alkyl halides is 1. The Bertz CT molecular complexity index is 593. The molecular formula is C13H10Cl2O3. The van der Waals surface area contributed by atoms with Crippen molar-refractivity contribution < 1.29 is 9.15 Å². The minimum absolute atomic E-state index is 0.156. The smallest absolute Gasteiger partial charge is 0.227 e. The summed E-state index contributed by atoms with van der Waals surface area (Å²) in [6, 6.07) is 8.55. The zero-order chi connectivity index (χ0) is 13.0. The number of hydrogen-bond acceptors (Lipinski definition) is 3. The van der Waals surface area contributed by atoms with E-state index in [0.29, 0.717) is 10.8 Å². The molecule has 0 radical (unpaired) electrons. The predicted molar refractivity (Wildman–Crippen MR) is 70.3 cm³/mol. The molecular weight excluding hydrogens is 275 g/mol. The summed E-state index contributed by atoms with van der Waals surface area (Å²) in [4.78, 5) is 11.6. The van der Waals surface area contributed by atoms with Gasteiger partial charge in [0.15, 0.2) is 0 Å². The van der Waals surface area contributed by atoms with E-state index in [2.05, 4.69) is 0 Å². The fourth-order valence-corrected chi connectivity index (χ4v) is 1.75. The second kappa shape index (κ2) is 5.94. The first-order valence-electron chi connectivity index (χ1n) is 5.24. The maximum Gasteiger partial charge on any atom is 0.227 e. The zero-order valence-corrected chi connectivity index (χ0v) is 10.9. The van der Waals surface area contributed by atoms with Crippen LogP contribution in [-0.2, 0) is 12.5 Å². The summed E-state index contributed by atoms with van der Waals surface area (Å²) in [6.45, 7) is 0.255. The average Bonchev–Trinajstić information content (AvgIpc) is 2.37. The lowest BCUT2D eigenvalue weighted by atomic mass is 10.2. The third-order valence-electron chi connectivity index (χ3n) is 2.27. The summed E-state index contributed by atoms with van der Waals surface area (Å²) in [5, 5.41) is 0.626. The van der Waals surface area contributed by atoms with Gasteiger partial charge in [0.05, 0.1) is 5.88 Å². The molecule has 0 unspecified atom stereocenters. The molecule has 0 bridgehead atoms. The third kappa shape index (κ3) is 3.28. The van der Waals surface area contributed by atoms with Gasteiger partial charge in [0.25, 0.3) is 0 Å². The van der Waals surface area contributed by atoms with Gasteiger partial charge in [-0.2, -0.15) is 0 Å². The molecule has 0 aliphatic carbocycles. The molecule has 18 heavy (non-hydrogen) atoms. The quantitative estimate of drug-likeness (QED) is 0.805. The number of benzene rings is 1. The molecule has 1 aromatic carbocycles. The minimum Gasteiger partial charge on any atom is -0.482 e. The zero-order valence-electron chi connectivity index (χ0n) is 9.36. The summed E-state index contributed by atoms with van der Waals surface area (Å²) >= 11 is 11.4. The van der Waals surface area contributed by atoms with E-state index in [4.69, 9.17) is 32.4 Å². The largest absolute Gasteiger partial charge is 0.482 e. The highest BCUT2D eigenvalue weighted by molar-refractivity contribution is 6.30. The van der Waals surface area contributed by atoms with Crippen LogP contribution in [0.1, 0.15) is 11.3 Å². The summed E-state index contributed by atoms with van der Waals surface area (Å²) in [5.41, 5.74) is 0.627. The van der Waals surface area contributed by atoms with Crippen molar-refractivity contribution in [2.75, 3.05) is 0 Å². The van der Waals surface area contributed by atoms with E-state index in [-0.39, 0.29) is 23.7 Å². The molecule has 3 nitrogen and oxygen atoms in total. The van der Waals surface area contributed by atoms with Crippen LogP contribution in [-0.4, -0.2) is 0 Å². The Morgan fingerprint density at radius 3 is 2.78 bits per heavy atom. The molecule has 1 aromatic heterocycles. The second-order valence-corrected chi connectivity index (χ2v) is 4.33. The highest BCUT2D eigenvalue weighted by atomic mass is 35.5. The molecule has 0 amide bonds. The normalized spacial score (nSPS) is 10.3. The number of rotatable bonds is 4. The molecule has 0 atom stereocenters. The molecule has 0 spiro atoms. The first kappa shape index (κ1) is 13.0. The summed E-state index contributed by atoms with van der Waals surface area (Å²) in [5.74, 6) is 0.727. The molecule has 2 aromatic rings. The van der Waals surface area contributed by atoms with Crippen LogP contribution in [0.15, 0.2) is 45.8 Å². The number of ether oxygens (including phenoxy) is 1. The number of hydrogen-bond donors (Lipinski definition) is 0. The second-order valence-electron chi connectivity index (χ2n) is 3.63.